The van der Waals surface area contributed by atoms with Gasteiger partial charge >= 0.3 is 0 Å². The predicted octanol–water partition coefficient (Wildman–Crippen LogP) is 6.48. The normalized spacial score (nSPS) is 11.1. The molecule has 4 aromatic rings. The molecule has 0 aliphatic carbocycles. The molecule has 0 radical (unpaired) electrons. The lowest BCUT2D eigenvalue weighted by molar-refractivity contribution is -0.120. The van der Waals surface area contributed by atoms with Crippen molar-refractivity contribution in [1.82, 2.24) is 0 Å². The molecule has 0 aliphatic rings. The van der Waals surface area contributed by atoms with E-state index in [-0.39, 0.29) is 5.91 Å². The number of nitrogens with one attached hydrogen (secondary N) is 1. The molecule has 0 spiro atoms. The summed E-state index contributed by atoms with van der Waals surface area (Å²) in [5, 5.41) is 3.24. The zero-order valence-electron chi connectivity index (χ0n) is 19.3. The predicted molar refractivity (Wildman–Crippen MR) is 135 cm³/mol. The van der Waals surface area contributed by atoms with Crippen LogP contribution in [0.5, 0.6) is 5.75 Å². The van der Waals surface area contributed by atoms with E-state index in [0.29, 0.717) is 6.42 Å². The third kappa shape index (κ3) is 4.68. The summed E-state index contributed by atoms with van der Waals surface area (Å²) in [5.74, 6) is 0.705. The van der Waals surface area contributed by atoms with Gasteiger partial charge in [-0.2, -0.15) is 0 Å². The summed E-state index contributed by atoms with van der Waals surface area (Å²) in [6.45, 7) is 4.05. The van der Waals surface area contributed by atoms with Crippen LogP contribution < -0.4 is 10.1 Å². The van der Waals surface area contributed by atoms with Gasteiger partial charge in [-0.05, 0) is 60.7 Å². The van der Waals surface area contributed by atoms with Crippen LogP contribution in [-0.4, -0.2) is 13.0 Å². The molecule has 3 nitrogen and oxygen atoms in total. The van der Waals surface area contributed by atoms with Crippen molar-refractivity contribution in [2.24, 2.45) is 0 Å². The van der Waals surface area contributed by atoms with Crippen LogP contribution in [0.2, 0.25) is 0 Å². The standard InChI is InChI=1S/C30H29NO2/c1-22-14-16-24(17-15-22)21-30(25-10-6-4-7-11-25,26-12-8-5-9-13-26)29(32)31-28-19-18-27(33-3)20-23(28)2/h4-20H,21H2,1-3H3,(H,31,32). The van der Waals surface area contributed by atoms with E-state index in [1.165, 1.54) is 5.56 Å². The summed E-state index contributed by atoms with van der Waals surface area (Å²) in [7, 11) is 1.64. The Morgan fingerprint density at radius 2 is 1.36 bits per heavy atom. The first-order valence-corrected chi connectivity index (χ1v) is 11.2. The first-order chi connectivity index (χ1) is 16.0. The highest BCUT2D eigenvalue weighted by Gasteiger charge is 2.42. The molecule has 0 unspecified atom stereocenters. The Hall–Kier alpha value is -3.85. The molecule has 0 saturated carbocycles. The molecule has 0 heterocycles. The minimum absolute atomic E-state index is 0.0614. The number of amides is 1. The van der Waals surface area contributed by atoms with Crippen molar-refractivity contribution in [2.75, 3.05) is 12.4 Å². The first kappa shape index (κ1) is 22.3. The van der Waals surface area contributed by atoms with Gasteiger partial charge in [-0.1, -0.05) is 90.5 Å². The van der Waals surface area contributed by atoms with Crippen molar-refractivity contribution < 1.29 is 9.53 Å². The minimum atomic E-state index is -0.899. The van der Waals surface area contributed by atoms with E-state index < -0.39 is 5.41 Å². The summed E-state index contributed by atoms with van der Waals surface area (Å²) in [6, 6.07) is 34.2. The van der Waals surface area contributed by atoms with E-state index in [4.69, 9.17) is 4.74 Å². The highest BCUT2D eigenvalue weighted by Crippen LogP contribution is 2.38. The smallest absolute Gasteiger partial charge is 0.239 e. The van der Waals surface area contributed by atoms with Gasteiger partial charge in [-0.25, -0.2) is 0 Å². The van der Waals surface area contributed by atoms with Crippen LogP contribution in [0.3, 0.4) is 0 Å². The summed E-state index contributed by atoms with van der Waals surface area (Å²) in [5.41, 5.74) is 5.05. The number of ether oxygens (including phenoxy) is 1. The lowest BCUT2D eigenvalue weighted by atomic mass is 9.69. The van der Waals surface area contributed by atoms with E-state index in [0.717, 1.165) is 33.7 Å². The van der Waals surface area contributed by atoms with Gasteiger partial charge in [0.2, 0.25) is 5.91 Å². The molecule has 4 rings (SSSR count). The van der Waals surface area contributed by atoms with E-state index in [9.17, 15) is 4.79 Å². The number of benzene rings is 4. The number of carbonyl (C=O) groups excluding carboxylic acids is 1. The monoisotopic (exact) mass is 435 g/mol. The molecule has 4 aromatic carbocycles. The Kier molecular flexibility index (Phi) is 6.60. The lowest BCUT2D eigenvalue weighted by Crippen LogP contribution is -2.43. The van der Waals surface area contributed by atoms with Crippen LogP contribution >= 0.6 is 0 Å². The maximum Gasteiger partial charge on any atom is 0.239 e. The van der Waals surface area contributed by atoms with Crippen molar-refractivity contribution in [3.8, 4) is 5.75 Å². The van der Waals surface area contributed by atoms with Crippen molar-refractivity contribution in [2.45, 2.75) is 25.7 Å². The lowest BCUT2D eigenvalue weighted by Gasteiger charge is -2.34. The van der Waals surface area contributed by atoms with Gasteiger partial charge in [-0.3, -0.25) is 4.79 Å². The van der Waals surface area contributed by atoms with Crippen LogP contribution in [-0.2, 0) is 16.6 Å². The average Bonchev–Trinajstić information content (AvgIpc) is 2.86. The third-order valence-electron chi connectivity index (χ3n) is 6.19. The number of anilines is 1. The third-order valence-corrected chi connectivity index (χ3v) is 6.19. The average molecular weight is 436 g/mol. The molecular weight excluding hydrogens is 406 g/mol. The van der Waals surface area contributed by atoms with Crippen molar-refractivity contribution in [1.29, 1.82) is 0 Å². The van der Waals surface area contributed by atoms with E-state index in [1.54, 1.807) is 7.11 Å². The number of hydrogen-bond acceptors (Lipinski definition) is 2. The van der Waals surface area contributed by atoms with Crippen molar-refractivity contribution in [3.05, 3.63) is 131 Å². The number of hydrogen-bond donors (Lipinski definition) is 1. The molecule has 166 valence electrons. The van der Waals surface area contributed by atoms with Crippen molar-refractivity contribution in [3.63, 3.8) is 0 Å². The second-order valence-corrected chi connectivity index (χ2v) is 8.43. The molecule has 1 amide bonds. The highest BCUT2D eigenvalue weighted by atomic mass is 16.5. The fourth-order valence-corrected chi connectivity index (χ4v) is 4.30. The van der Waals surface area contributed by atoms with Gasteiger partial charge in [-0.15, -0.1) is 0 Å². The van der Waals surface area contributed by atoms with Gasteiger partial charge in [0.05, 0.1) is 7.11 Å². The molecule has 0 fully saturated rings. The zero-order chi connectivity index (χ0) is 23.3. The van der Waals surface area contributed by atoms with Crippen LogP contribution in [0.15, 0.2) is 103 Å². The largest absolute Gasteiger partial charge is 0.497 e. The SMILES string of the molecule is COc1ccc(NC(=O)C(Cc2ccc(C)cc2)(c2ccccc2)c2ccccc2)c(C)c1. The Morgan fingerprint density at radius 1 is 0.788 bits per heavy atom. The summed E-state index contributed by atoms with van der Waals surface area (Å²) < 4.78 is 5.34. The number of rotatable bonds is 7. The fourth-order valence-electron chi connectivity index (χ4n) is 4.30. The number of carbonyl (C=O) groups is 1. The maximum absolute atomic E-state index is 14.3. The van der Waals surface area contributed by atoms with Gasteiger partial charge in [0, 0.05) is 5.69 Å². The molecule has 0 atom stereocenters. The second-order valence-electron chi connectivity index (χ2n) is 8.43. The fraction of sp³-hybridized carbons (Fsp3) is 0.167. The van der Waals surface area contributed by atoms with Crippen molar-refractivity contribution >= 4 is 11.6 Å². The van der Waals surface area contributed by atoms with E-state index >= 15 is 0 Å². The molecule has 0 aromatic heterocycles. The molecule has 0 bridgehead atoms. The molecule has 1 N–H and O–H groups in total. The van der Waals surface area contributed by atoms with Crippen LogP contribution in [0.25, 0.3) is 0 Å². The summed E-state index contributed by atoms with van der Waals surface area (Å²) >= 11 is 0. The van der Waals surface area contributed by atoms with Crippen LogP contribution in [0.1, 0.15) is 27.8 Å². The molecule has 0 aliphatic heterocycles. The van der Waals surface area contributed by atoms with Crippen LogP contribution in [0.4, 0.5) is 5.69 Å². The van der Waals surface area contributed by atoms with E-state index in [2.05, 4.69) is 36.5 Å². The zero-order valence-corrected chi connectivity index (χ0v) is 19.3. The maximum atomic E-state index is 14.3. The van der Waals surface area contributed by atoms with Gasteiger partial charge < -0.3 is 10.1 Å². The Balaban J connectivity index is 1.86. The Bertz CT molecular complexity index is 1180. The highest BCUT2D eigenvalue weighted by molar-refractivity contribution is 6.02. The van der Waals surface area contributed by atoms with Gasteiger partial charge in [0.1, 0.15) is 11.2 Å². The Labute approximate surface area is 196 Å². The molecular formula is C30H29NO2. The Morgan fingerprint density at radius 3 is 1.88 bits per heavy atom. The minimum Gasteiger partial charge on any atom is -0.497 e. The number of aryl methyl sites for hydroxylation is 2. The quantitative estimate of drug-likeness (QED) is 0.361. The summed E-state index contributed by atoms with van der Waals surface area (Å²) in [4.78, 5) is 14.3. The molecule has 3 heteroatoms. The van der Waals surface area contributed by atoms with Gasteiger partial charge in [0.15, 0.2) is 0 Å². The first-order valence-electron chi connectivity index (χ1n) is 11.2. The summed E-state index contributed by atoms with van der Waals surface area (Å²) in [6.07, 6.45) is 0.544. The second kappa shape index (κ2) is 9.74. The number of methoxy groups -OCH3 is 1. The van der Waals surface area contributed by atoms with Crippen LogP contribution in [0, 0.1) is 13.8 Å². The molecule has 33 heavy (non-hydrogen) atoms. The topological polar surface area (TPSA) is 38.3 Å². The molecule has 0 saturated heterocycles. The van der Waals surface area contributed by atoms with E-state index in [1.807, 2.05) is 85.8 Å². The van der Waals surface area contributed by atoms with Gasteiger partial charge in [0.25, 0.3) is 0 Å².